The number of hydrogen-bond acceptors (Lipinski definition) is 6. The van der Waals surface area contributed by atoms with Gasteiger partial charge in [-0.1, -0.05) is 54.6 Å². The molecule has 5 rings (SSSR count). The Labute approximate surface area is 231 Å². The largest absolute Gasteiger partial charge is 0.449 e. The minimum atomic E-state index is -2.72. The second kappa shape index (κ2) is 11.3. The number of carbonyl (C=O) groups excluding carboxylic acids is 2. The molecule has 0 bridgehead atoms. The summed E-state index contributed by atoms with van der Waals surface area (Å²) in [6.45, 7) is 0.324. The highest BCUT2D eigenvalue weighted by molar-refractivity contribution is 5.91. The number of halogens is 2. The van der Waals surface area contributed by atoms with Crippen molar-refractivity contribution in [3.05, 3.63) is 66.2 Å². The Bertz CT molecular complexity index is 1350. The molecule has 0 atom stereocenters. The van der Waals surface area contributed by atoms with E-state index in [-0.39, 0.29) is 30.6 Å². The topological polar surface area (TPSA) is 133 Å². The van der Waals surface area contributed by atoms with Gasteiger partial charge in [-0.3, -0.25) is 4.79 Å². The molecule has 210 valence electrons. The fourth-order valence-corrected chi connectivity index (χ4v) is 5.80. The molecule has 2 aliphatic carbocycles. The van der Waals surface area contributed by atoms with Crippen LogP contribution in [0.25, 0.3) is 22.4 Å². The fourth-order valence-electron chi connectivity index (χ4n) is 5.80. The van der Waals surface area contributed by atoms with E-state index in [9.17, 15) is 18.4 Å². The highest BCUT2D eigenvalue weighted by Gasteiger charge is 2.55. The van der Waals surface area contributed by atoms with E-state index in [1.54, 1.807) is 18.2 Å². The van der Waals surface area contributed by atoms with Crippen molar-refractivity contribution in [2.24, 2.45) is 23.3 Å². The summed E-state index contributed by atoms with van der Waals surface area (Å²) in [5, 5.41) is 11.6. The highest BCUT2D eigenvalue weighted by atomic mass is 19.3. The summed E-state index contributed by atoms with van der Waals surface area (Å²) >= 11 is 0. The van der Waals surface area contributed by atoms with Crippen LogP contribution in [0.15, 0.2) is 60.7 Å². The van der Waals surface area contributed by atoms with Crippen LogP contribution in [-0.4, -0.2) is 34.7 Å². The molecule has 2 fully saturated rings. The molecule has 5 N–H and O–H groups in total. The molecular weight excluding hydrogens is 516 g/mol. The summed E-state index contributed by atoms with van der Waals surface area (Å²) in [5.41, 5.74) is 13.9. The number of carbonyl (C=O) groups is 2. The van der Waals surface area contributed by atoms with E-state index < -0.39 is 17.6 Å². The minimum absolute atomic E-state index is 0.132. The lowest BCUT2D eigenvalue weighted by Crippen LogP contribution is -2.55. The maximum atomic E-state index is 13.5. The van der Waals surface area contributed by atoms with Crippen molar-refractivity contribution in [1.29, 1.82) is 0 Å². The second-order valence-electron chi connectivity index (χ2n) is 11.1. The van der Waals surface area contributed by atoms with E-state index in [4.69, 9.17) is 16.2 Å². The van der Waals surface area contributed by atoms with E-state index in [2.05, 4.69) is 15.5 Å². The zero-order valence-corrected chi connectivity index (χ0v) is 22.1. The molecule has 40 heavy (non-hydrogen) atoms. The standard InChI is InChI=1S/C30H33F2N5O3/c31-30(32)17-29(34,18-30)23-12-10-22(11-13-23)27-24(21-4-2-1-3-5-21)15-25(36-37-27)35-26(38)14-19-6-8-20(9-7-19)16-40-28(33)39/h1-5,10-13,15,19-20H,6-9,14,16-18,34H2,(H2,33,39)(H,35,36,38). The van der Waals surface area contributed by atoms with Crippen LogP contribution in [0.3, 0.4) is 0 Å². The molecule has 1 heterocycles. The molecule has 2 aliphatic rings. The third-order valence-electron chi connectivity index (χ3n) is 7.93. The number of aromatic nitrogens is 2. The molecule has 8 nitrogen and oxygen atoms in total. The number of nitrogens with zero attached hydrogens (tertiary/aromatic N) is 2. The quantitative estimate of drug-likeness (QED) is 0.334. The Kier molecular flexibility index (Phi) is 7.80. The number of amides is 2. The SMILES string of the molecule is NC(=O)OCC1CCC(CC(=O)Nc2cc(-c3ccccc3)c(-c3ccc(C4(N)CC(F)(F)C4)cc3)nn2)CC1. The van der Waals surface area contributed by atoms with Crippen molar-refractivity contribution >= 4 is 17.8 Å². The van der Waals surface area contributed by atoms with Crippen LogP contribution in [-0.2, 0) is 15.1 Å². The van der Waals surface area contributed by atoms with Crippen molar-refractivity contribution in [2.45, 2.75) is 56.4 Å². The summed E-state index contributed by atoms with van der Waals surface area (Å²) in [6.07, 6.45) is 2.38. The van der Waals surface area contributed by atoms with Crippen LogP contribution in [0.1, 0.15) is 50.5 Å². The van der Waals surface area contributed by atoms with Crippen molar-refractivity contribution in [3.8, 4) is 22.4 Å². The number of nitrogens with one attached hydrogen (secondary N) is 1. The Hall–Kier alpha value is -3.92. The maximum absolute atomic E-state index is 13.5. The van der Waals surface area contributed by atoms with Gasteiger partial charge in [0.25, 0.3) is 5.92 Å². The fraction of sp³-hybridized carbons (Fsp3) is 0.400. The summed E-state index contributed by atoms with van der Waals surface area (Å²) in [7, 11) is 0. The van der Waals surface area contributed by atoms with Crippen molar-refractivity contribution in [3.63, 3.8) is 0 Å². The Morgan fingerprint density at radius 2 is 1.57 bits per heavy atom. The van der Waals surface area contributed by atoms with Gasteiger partial charge in [-0.2, -0.15) is 0 Å². The van der Waals surface area contributed by atoms with Crippen molar-refractivity contribution in [1.82, 2.24) is 10.2 Å². The first kappa shape index (κ1) is 27.6. The third kappa shape index (κ3) is 6.44. The zero-order valence-electron chi connectivity index (χ0n) is 22.1. The number of anilines is 1. The predicted octanol–water partition coefficient (Wildman–Crippen LogP) is 5.62. The minimum Gasteiger partial charge on any atom is -0.449 e. The van der Waals surface area contributed by atoms with Crippen LogP contribution in [0.4, 0.5) is 19.4 Å². The van der Waals surface area contributed by atoms with Crippen LogP contribution in [0.5, 0.6) is 0 Å². The van der Waals surface area contributed by atoms with Gasteiger partial charge in [-0.25, -0.2) is 13.6 Å². The van der Waals surface area contributed by atoms with Gasteiger partial charge in [0.1, 0.15) is 5.69 Å². The average molecular weight is 550 g/mol. The smallest absolute Gasteiger partial charge is 0.404 e. The summed E-state index contributed by atoms with van der Waals surface area (Å²) < 4.78 is 31.9. The van der Waals surface area contributed by atoms with Gasteiger partial charge in [0, 0.05) is 30.4 Å². The molecule has 0 unspecified atom stereocenters. The monoisotopic (exact) mass is 549 g/mol. The van der Waals surface area contributed by atoms with Gasteiger partial charge in [0.2, 0.25) is 5.91 Å². The number of primary amides is 1. The summed E-state index contributed by atoms with van der Waals surface area (Å²) in [6, 6.07) is 18.6. The van der Waals surface area contributed by atoms with E-state index in [1.165, 1.54) is 0 Å². The van der Waals surface area contributed by atoms with Crippen LogP contribution in [0.2, 0.25) is 0 Å². The molecule has 2 aromatic carbocycles. The van der Waals surface area contributed by atoms with Crippen LogP contribution >= 0.6 is 0 Å². The lowest BCUT2D eigenvalue weighted by Gasteiger charge is -2.44. The molecular formula is C30H33F2N5O3. The lowest BCUT2D eigenvalue weighted by molar-refractivity contribution is -0.125. The molecule has 2 saturated carbocycles. The van der Waals surface area contributed by atoms with Crippen LogP contribution < -0.4 is 16.8 Å². The van der Waals surface area contributed by atoms with Crippen molar-refractivity contribution in [2.75, 3.05) is 11.9 Å². The molecule has 2 amide bonds. The molecule has 10 heteroatoms. The van der Waals surface area contributed by atoms with Crippen molar-refractivity contribution < 1.29 is 23.1 Å². The van der Waals surface area contributed by atoms with E-state index >= 15 is 0 Å². The number of rotatable bonds is 8. The van der Waals surface area contributed by atoms with E-state index in [0.717, 1.165) is 42.4 Å². The summed E-state index contributed by atoms with van der Waals surface area (Å²) in [5.74, 6) is -1.98. The van der Waals surface area contributed by atoms with Gasteiger partial charge in [-0.05, 0) is 54.7 Å². The van der Waals surface area contributed by atoms with Gasteiger partial charge < -0.3 is 21.5 Å². The zero-order chi connectivity index (χ0) is 28.3. The Balaban J connectivity index is 1.28. The third-order valence-corrected chi connectivity index (χ3v) is 7.93. The Morgan fingerprint density at radius 3 is 2.20 bits per heavy atom. The number of nitrogens with two attached hydrogens (primary N) is 2. The number of hydrogen-bond donors (Lipinski definition) is 3. The van der Waals surface area contributed by atoms with E-state index in [1.807, 2.05) is 42.5 Å². The van der Waals surface area contributed by atoms with Gasteiger partial charge in [-0.15, -0.1) is 10.2 Å². The normalized spacial score (nSPS) is 21.2. The average Bonchev–Trinajstić information content (AvgIpc) is 2.92. The number of benzene rings is 2. The van der Waals surface area contributed by atoms with Gasteiger partial charge >= 0.3 is 6.09 Å². The molecule has 0 radical (unpaired) electrons. The molecule has 0 aliphatic heterocycles. The second-order valence-corrected chi connectivity index (χ2v) is 11.1. The van der Waals surface area contributed by atoms with Crippen LogP contribution in [0, 0.1) is 11.8 Å². The Morgan fingerprint density at radius 1 is 0.925 bits per heavy atom. The number of alkyl halides is 2. The van der Waals surface area contributed by atoms with Gasteiger partial charge in [0.15, 0.2) is 5.82 Å². The van der Waals surface area contributed by atoms with Gasteiger partial charge in [0.05, 0.1) is 12.1 Å². The molecule has 0 spiro atoms. The van der Waals surface area contributed by atoms with E-state index in [0.29, 0.717) is 30.1 Å². The molecule has 3 aromatic rings. The summed E-state index contributed by atoms with van der Waals surface area (Å²) in [4.78, 5) is 23.7. The molecule has 1 aromatic heterocycles. The number of ether oxygens (including phenoxy) is 1. The lowest BCUT2D eigenvalue weighted by atomic mass is 9.70. The molecule has 0 saturated heterocycles. The predicted molar refractivity (Wildman–Crippen MR) is 147 cm³/mol. The first-order chi connectivity index (χ1) is 19.1. The first-order valence-electron chi connectivity index (χ1n) is 13.5. The highest BCUT2D eigenvalue weighted by Crippen LogP contribution is 2.50. The maximum Gasteiger partial charge on any atom is 0.404 e. The first-order valence-corrected chi connectivity index (χ1v) is 13.5.